The summed E-state index contributed by atoms with van der Waals surface area (Å²) in [5, 5.41) is 8.53. The standard InChI is InChI=1S/C22H27FN4O2/c1-3-24-21(28)17-4-9-20(15(2)12-17)26-22(29)25-13-16-10-11-27(14-16)19-7-5-18(23)6-8-19/h4-9,12,16H,3,10-11,13-14H2,1-2H3,(H,24,28)(H2,25,26,29). The van der Waals surface area contributed by atoms with Crippen molar-refractivity contribution in [3.8, 4) is 0 Å². The van der Waals surface area contributed by atoms with E-state index in [4.69, 9.17) is 0 Å². The van der Waals surface area contributed by atoms with Gasteiger partial charge in [-0.2, -0.15) is 0 Å². The van der Waals surface area contributed by atoms with Crippen LogP contribution in [0, 0.1) is 18.7 Å². The number of rotatable bonds is 6. The van der Waals surface area contributed by atoms with E-state index in [9.17, 15) is 14.0 Å². The first-order valence-corrected chi connectivity index (χ1v) is 9.90. The SMILES string of the molecule is CCNC(=O)c1ccc(NC(=O)NCC2CCN(c3ccc(F)cc3)C2)c(C)c1. The van der Waals surface area contributed by atoms with Crippen LogP contribution < -0.4 is 20.9 Å². The maximum atomic E-state index is 13.1. The van der Waals surface area contributed by atoms with Gasteiger partial charge in [0.1, 0.15) is 5.82 Å². The molecule has 3 rings (SSSR count). The first-order chi connectivity index (χ1) is 14.0. The average molecular weight is 398 g/mol. The fraction of sp³-hybridized carbons (Fsp3) is 0.364. The number of aryl methyl sites for hydroxylation is 1. The molecule has 1 aliphatic rings. The highest BCUT2D eigenvalue weighted by Gasteiger charge is 2.23. The van der Waals surface area contributed by atoms with Gasteiger partial charge in [0.05, 0.1) is 0 Å². The Balaban J connectivity index is 1.48. The molecular weight excluding hydrogens is 371 g/mol. The van der Waals surface area contributed by atoms with Crippen LogP contribution in [0.5, 0.6) is 0 Å². The van der Waals surface area contributed by atoms with Gasteiger partial charge in [-0.15, -0.1) is 0 Å². The predicted octanol–water partition coefficient (Wildman–Crippen LogP) is 3.53. The van der Waals surface area contributed by atoms with Crippen molar-refractivity contribution in [2.24, 2.45) is 5.92 Å². The van der Waals surface area contributed by atoms with E-state index in [1.54, 1.807) is 30.3 Å². The highest BCUT2D eigenvalue weighted by atomic mass is 19.1. The van der Waals surface area contributed by atoms with Gasteiger partial charge in [0, 0.05) is 43.1 Å². The molecule has 2 aromatic rings. The van der Waals surface area contributed by atoms with Crippen molar-refractivity contribution < 1.29 is 14.0 Å². The second-order valence-corrected chi connectivity index (χ2v) is 7.30. The Bertz CT molecular complexity index is 870. The van der Waals surface area contributed by atoms with Crippen LogP contribution in [0.1, 0.15) is 29.3 Å². The van der Waals surface area contributed by atoms with Gasteiger partial charge in [-0.3, -0.25) is 4.79 Å². The quantitative estimate of drug-likeness (QED) is 0.697. The maximum Gasteiger partial charge on any atom is 0.319 e. The molecule has 0 bridgehead atoms. The van der Waals surface area contributed by atoms with E-state index >= 15 is 0 Å². The number of carbonyl (C=O) groups is 2. The normalized spacial score (nSPS) is 15.8. The summed E-state index contributed by atoms with van der Waals surface area (Å²) in [5.41, 5.74) is 3.07. The molecule has 154 valence electrons. The van der Waals surface area contributed by atoms with E-state index in [0.717, 1.165) is 30.8 Å². The van der Waals surface area contributed by atoms with Crippen molar-refractivity contribution in [1.29, 1.82) is 0 Å². The molecular formula is C22H27FN4O2. The molecule has 0 spiro atoms. The van der Waals surface area contributed by atoms with Gasteiger partial charge in [-0.1, -0.05) is 0 Å². The molecule has 1 fully saturated rings. The number of amides is 3. The number of nitrogens with one attached hydrogen (secondary N) is 3. The lowest BCUT2D eigenvalue weighted by Crippen LogP contribution is -2.34. The number of nitrogens with zero attached hydrogens (tertiary/aromatic N) is 1. The van der Waals surface area contributed by atoms with Crippen molar-refractivity contribution in [2.75, 3.05) is 36.4 Å². The summed E-state index contributed by atoms with van der Waals surface area (Å²) in [7, 11) is 0. The molecule has 0 radical (unpaired) electrons. The third-order valence-corrected chi connectivity index (χ3v) is 5.10. The summed E-state index contributed by atoms with van der Waals surface area (Å²) in [6.07, 6.45) is 0.970. The minimum absolute atomic E-state index is 0.126. The lowest BCUT2D eigenvalue weighted by atomic mass is 10.1. The lowest BCUT2D eigenvalue weighted by Gasteiger charge is -2.19. The lowest BCUT2D eigenvalue weighted by molar-refractivity contribution is 0.0955. The molecule has 1 unspecified atom stereocenters. The van der Waals surface area contributed by atoms with Crippen LogP contribution in [0.25, 0.3) is 0 Å². The van der Waals surface area contributed by atoms with Gasteiger partial charge < -0.3 is 20.9 Å². The molecule has 1 aliphatic heterocycles. The molecule has 29 heavy (non-hydrogen) atoms. The Morgan fingerprint density at radius 1 is 1.14 bits per heavy atom. The highest BCUT2D eigenvalue weighted by Crippen LogP contribution is 2.23. The summed E-state index contributed by atoms with van der Waals surface area (Å²) in [6.45, 7) is 6.58. The van der Waals surface area contributed by atoms with Crippen molar-refractivity contribution in [2.45, 2.75) is 20.3 Å². The largest absolute Gasteiger partial charge is 0.371 e. The Hall–Kier alpha value is -3.09. The molecule has 7 heteroatoms. The zero-order valence-corrected chi connectivity index (χ0v) is 16.8. The molecule has 1 saturated heterocycles. The monoisotopic (exact) mass is 398 g/mol. The van der Waals surface area contributed by atoms with E-state index in [1.165, 1.54) is 12.1 Å². The zero-order valence-electron chi connectivity index (χ0n) is 16.8. The fourth-order valence-electron chi connectivity index (χ4n) is 3.50. The van der Waals surface area contributed by atoms with Crippen LogP contribution in [-0.4, -0.2) is 38.1 Å². The van der Waals surface area contributed by atoms with Gasteiger partial charge >= 0.3 is 6.03 Å². The predicted molar refractivity (Wildman–Crippen MR) is 113 cm³/mol. The van der Waals surface area contributed by atoms with Crippen LogP contribution in [-0.2, 0) is 0 Å². The molecule has 3 amide bonds. The Morgan fingerprint density at radius 3 is 2.59 bits per heavy atom. The number of anilines is 2. The summed E-state index contributed by atoms with van der Waals surface area (Å²) in [6, 6.07) is 11.4. The minimum atomic E-state index is -0.265. The molecule has 1 atom stereocenters. The number of carbonyl (C=O) groups excluding carboxylic acids is 2. The third kappa shape index (κ3) is 5.47. The average Bonchev–Trinajstić information content (AvgIpc) is 3.18. The van der Waals surface area contributed by atoms with Crippen LogP contribution >= 0.6 is 0 Å². The van der Waals surface area contributed by atoms with E-state index in [1.807, 2.05) is 13.8 Å². The van der Waals surface area contributed by atoms with Crippen LogP contribution in [0.2, 0.25) is 0 Å². The number of halogens is 1. The van der Waals surface area contributed by atoms with Gasteiger partial charge in [0.2, 0.25) is 0 Å². The second kappa shape index (κ2) is 9.41. The van der Waals surface area contributed by atoms with E-state index in [2.05, 4.69) is 20.9 Å². The molecule has 0 aromatic heterocycles. The first-order valence-electron chi connectivity index (χ1n) is 9.90. The minimum Gasteiger partial charge on any atom is -0.371 e. The second-order valence-electron chi connectivity index (χ2n) is 7.30. The van der Waals surface area contributed by atoms with Gasteiger partial charge in [-0.25, -0.2) is 9.18 Å². The topological polar surface area (TPSA) is 73.5 Å². The van der Waals surface area contributed by atoms with Gasteiger partial charge in [0.25, 0.3) is 5.91 Å². The number of urea groups is 1. The molecule has 0 saturated carbocycles. The first kappa shape index (κ1) is 20.6. The summed E-state index contributed by atoms with van der Waals surface area (Å²) in [4.78, 5) is 26.4. The molecule has 2 aromatic carbocycles. The Kier molecular flexibility index (Phi) is 6.69. The molecule has 0 aliphatic carbocycles. The van der Waals surface area contributed by atoms with Crippen molar-refractivity contribution in [3.63, 3.8) is 0 Å². The Morgan fingerprint density at radius 2 is 1.90 bits per heavy atom. The van der Waals surface area contributed by atoms with Crippen molar-refractivity contribution in [3.05, 3.63) is 59.4 Å². The number of benzene rings is 2. The fourth-order valence-corrected chi connectivity index (χ4v) is 3.50. The van der Waals surface area contributed by atoms with Gasteiger partial charge in [0.15, 0.2) is 0 Å². The van der Waals surface area contributed by atoms with Crippen LogP contribution in [0.3, 0.4) is 0 Å². The summed E-state index contributed by atoms with van der Waals surface area (Å²) >= 11 is 0. The molecule has 3 N–H and O–H groups in total. The van der Waals surface area contributed by atoms with Crippen molar-refractivity contribution in [1.82, 2.24) is 10.6 Å². The van der Waals surface area contributed by atoms with E-state index in [-0.39, 0.29) is 17.8 Å². The Labute approximate surface area is 170 Å². The van der Waals surface area contributed by atoms with Crippen molar-refractivity contribution >= 4 is 23.3 Å². The maximum absolute atomic E-state index is 13.1. The molecule has 1 heterocycles. The van der Waals surface area contributed by atoms with Crippen LogP contribution in [0.15, 0.2) is 42.5 Å². The highest BCUT2D eigenvalue weighted by molar-refractivity contribution is 5.96. The van der Waals surface area contributed by atoms with E-state index in [0.29, 0.717) is 30.3 Å². The van der Waals surface area contributed by atoms with Crippen LogP contribution in [0.4, 0.5) is 20.6 Å². The van der Waals surface area contributed by atoms with E-state index < -0.39 is 0 Å². The molecule has 6 nitrogen and oxygen atoms in total. The number of hydrogen-bond donors (Lipinski definition) is 3. The smallest absolute Gasteiger partial charge is 0.319 e. The summed E-state index contributed by atoms with van der Waals surface area (Å²) in [5.74, 6) is -0.0253. The third-order valence-electron chi connectivity index (χ3n) is 5.10. The van der Waals surface area contributed by atoms with Gasteiger partial charge in [-0.05, 0) is 74.2 Å². The zero-order chi connectivity index (χ0) is 20.8. The number of hydrogen-bond acceptors (Lipinski definition) is 3. The summed E-state index contributed by atoms with van der Waals surface area (Å²) < 4.78 is 13.1.